The molecule has 0 aliphatic carbocycles. The standard InChI is InChI=1S/C10H10BrClN2O2S/c1-2-3-4-5-14-17(15,16)9-6-8(11)7-13-10(9)12/h1,6-7,14H,3-5H2. The van der Waals surface area contributed by atoms with E-state index in [0.29, 0.717) is 17.3 Å². The van der Waals surface area contributed by atoms with Crippen LogP contribution in [0.5, 0.6) is 0 Å². The third-order valence-electron chi connectivity index (χ3n) is 1.85. The molecule has 0 radical (unpaired) electrons. The molecule has 1 rings (SSSR count). The van der Waals surface area contributed by atoms with Crippen molar-refractivity contribution >= 4 is 37.6 Å². The van der Waals surface area contributed by atoms with Crippen LogP contribution in [0.1, 0.15) is 12.8 Å². The highest BCUT2D eigenvalue weighted by Gasteiger charge is 2.18. The Balaban J connectivity index is 2.83. The van der Waals surface area contributed by atoms with Gasteiger partial charge in [-0.25, -0.2) is 18.1 Å². The molecule has 0 aliphatic rings. The zero-order chi connectivity index (χ0) is 12.9. The molecular weight excluding hydrogens is 328 g/mol. The Morgan fingerprint density at radius 3 is 2.94 bits per heavy atom. The van der Waals surface area contributed by atoms with Crippen molar-refractivity contribution in [2.75, 3.05) is 6.54 Å². The maximum atomic E-state index is 11.9. The fourth-order valence-electron chi connectivity index (χ4n) is 1.07. The topological polar surface area (TPSA) is 59.1 Å². The van der Waals surface area contributed by atoms with E-state index in [1.54, 1.807) is 0 Å². The van der Waals surface area contributed by atoms with E-state index < -0.39 is 10.0 Å². The molecule has 0 fully saturated rings. The average molecular weight is 338 g/mol. The van der Waals surface area contributed by atoms with Crippen LogP contribution < -0.4 is 4.72 Å². The number of hydrogen-bond acceptors (Lipinski definition) is 3. The highest BCUT2D eigenvalue weighted by atomic mass is 79.9. The van der Waals surface area contributed by atoms with Gasteiger partial charge in [0.15, 0.2) is 0 Å². The molecule has 17 heavy (non-hydrogen) atoms. The molecule has 0 amide bonds. The zero-order valence-electron chi connectivity index (χ0n) is 8.78. The molecule has 0 atom stereocenters. The van der Waals surface area contributed by atoms with Gasteiger partial charge in [0.1, 0.15) is 10.0 Å². The number of pyridine rings is 1. The lowest BCUT2D eigenvalue weighted by Crippen LogP contribution is -2.25. The predicted octanol–water partition coefficient (Wildman–Crippen LogP) is 2.19. The second-order valence-corrected chi connectivity index (χ2v) is 6.16. The summed E-state index contributed by atoms with van der Waals surface area (Å²) >= 11 is 8.88. The summed E-state index contributed by atoms with van der Waals surface area (Å²) in [5.74, 6) is 2.43. The number of terminal acetylenes is 1. The highest BCUT2D eigenvalue weighted by molar-refractivity contribution is 9.10. The van der Waals surface area contributed by atoms with Crippen LogP contribution in [0.15, 0.2) is 21.6 Å². The lowest BCUT2D eigenvalue weighted by molar-refractivity contribution is 0.579. The SMILES string of the molecule is C#CCCCNS(=O)(=O)c1cc(Br)cnc1Cl. The lowest BCUT2D eigenvalue weighted by atomic mass is 10.3. The fourth-order valence-corrected chi connectivity index (χ4v) is 3.08. The molecule has 1 N–H and O–H groups in total. The Kier molecular flexibility index (Phi) is 5.40. The first-order chi connectivity index (χ1) is 7.97. The molecule has 0 saturated heterocycles. The molecule has 4 nitrogen and oxygen atoms in total. The largest absolute Gasteiger partial charge is 0.243 e. The van der Waals surface area contributed by atoms with Gasteiger partial charge in [0.05, 0.1) is 0 Å². The normalized spacial score (nSPS) is 11.1. The number of sulfonamides is 1. The van der Waals surface area contributed by atoms with Crippen LogP contribution in [-0.2, 0) is 10.0 Å². The van der Waals surface area contributed by atoms with Crippen molar-refractivity contribution in [2.24, 2.45) is 0 Å². The Hall–Kier alpha value is -0.610. The number of nitrogens with zero attached hydrogens (tertiary/aromatic N) is 1. The van der Waals surface area contributed by atoms with E-state index in [1.807, 2.05) is 0 Å². The molecule has 1 heterocycles. The summed E-state index contributed by atoms with van der Waals surface area (Å²) in [5.41, 5.74) is 0. The lowest BCUT2D eigenvalue weighted by Gasteiger charge is -2.07. The van der Waals surface area contributed by atoms with Crippen LogP contribution in [0.25, 0.3) is 0 Å². The molecule has 7 heteroatoms. The van der Waals surface area contributed by atoms with E-state index >= 15 is 0 Å². The monoisotopic (exact) mass is 336 g/mol. The van der Waals surface area contributed by atoms with Crippen molar-refractivity contribution in [3.05, 3.63) is 21.9 Å². The molecule has 92 valence electrons. The van der Waals surface area contributed by atoms with E-state index in [0.717, 1.165) is 0 Å². The van der Waals surface area contributed by atoms with Gasteiger partial charge in [0.25, 0.3) is 0 Å². The van der Waals surface area contributed by atoms with Crippen molar-refractivity contribution in [3.63, 3.8) is 0 Å². The molecular formula is C10H10BrClN2O2S. The fraction of sp³-hybridized carbons (Fsp3) is 0.300. The number of hydrogen-bond donors (Lipinski definition) is 1. The van der Waals surface area contributed by atoms with Crippen molar-refractivity contribution in [1.82, 2.24) is 9.71 Å². The smallest absolute Gasteiger partial charge is 0.242 e. The Bertz CT molecular complexity index is 540. The summed E-state index contributed by atoms with van der Waals surface area (Å²) < 4.78 is 26.7. The van der Waals surface area contributed by atoms with Gasteiger partial charge in [-0.05, 0) is 28.4 Å². The van der Waals surface area contributed by atoms with Crippen LogP contribution in [0.4, 0.5) is 0 Å². The van der Waals surface area contributed by atoms with E-state index in [1.165, 1.54) is 12.3 Å². The molecule has 1 aromatic heterocycles. The first kappa shape index (κ1) is 14.5. The van der Waals surface area contributed by atoms with Crippen LogP contribution in [0, 0.1) is 12.3 Å². The minimum absolute atomic E-state index is 0.0470. The van der Waals surface area contributed by atoms with Crippen molar-refractivity contribution in [2.45, 2.75) is 17.7 Å². The van der Waals surface area contributed by atoms with Gasteiger partial charge in [-0.1, -0.05) is 11.6 Å². The van der Waals surface area contributed by atoms with Gasteiger partial charge in [0.2, 0.25) is 10.0 Å². The van der Waals surface area contributed by atoms with Gasteiger partial charge in [-0.3, -0.25) is 0 Å². The number of rotatable bonds is 5. The maximum absolute atomic E-state index is 11.9. The molecule has 0 aromatic carbocycles. The quantitative estimate of drug-likeness (QED) is 0.509. The summed E-state index contributed by atoms with van der Waals surface area (Å²) in [7, 11) is -3.64. The van der Waals surface area contributed by atoms with Crippen molar-refractivity contribution < 1.29 is 8.42 Å². The number of halogens is 2. The van der Waals surface area contributed by atoms with Gasteiger partial charge in [-0.2, -0.15) is 0 Å². The van der Waals surface area contributed by atoms with E-state index in [2.05, 4.69) is 31.6 Å². The third-order valence-corrected chi connectivity index (χ3v) is 4.17. The molecule has 1 aromatic rings. The van der Waals surface area contributed by atoms with Gasteiger partial charge in [0, 0.05) is 23.6 Å². The van der Waals surface area contributed by atoms with Gasteiger partial charge in [-0.15, -0.1) is 12.3 Å². The predicted molar refractivity (Wildman–Crippen MR) is 70.2 cm³/mol. The van der Waals surface area contributed by atoms with Crippen LogP contribution >= 0.6 is 27.5 Å². The zero-order valence-corrected chi connectivity index (χ0v) is 11.9. The minimum Gasteiger partial charge on any atom is -0.242 e. The maximum Gasteiger partial charge on any atom is 0.243 e. The first-order valence-corrected chi connectivity index (χ1v) is 7.37. The summed E-state index contributed by atoms with van der Waals surface area (Å²) in [5, 5.41) is -0.0577. The summed E-state index contributed by atoms with van der Waals surface area (Å²) in [6.45, 7) is 0.273. The van der Waals surface area contributed by atoms with E-state index in [-0.39, 0.29) is 16.6 Å². The molecule has 0 saturated carbocycles. The van der Waals surface area contributed by atoms with Crippen molar-refractivity contribution in [3.8, 4) is 12.3 Å². The Morgan fingerprint density at radius 1 is 1.59 bits per heavy atom. The van der Waals surface area contributed by atoms with Crippen LogP contribution in [0.2, 0.25) is 5.15 Å². The molecule has 0 spiro atoms. The van der Waals surface area contributed by atoms with Crippen LogP contribution in [0.3, 0.4) is 0 Å². The number of aromatic nitrogens is 1. The van der Waals surface area contributed by atoms with E-state index in [9.17, 15) is 8.42 Å². The average Bonchev–Trinajstić information content (AvgIpc) is 2.28. The van der Waals surface area contributed by atoms with E-state index in [4.69, 9.17) is 18.0 Å². The Morgan fingerprint density at radius 2 is 2.29 bits per heavy atom. The molecule has 0 aliphatic heterocycles. The van der Waals surface area contributed by atoms with Crippen LogP contribution in [-0.4, -0.2) is 19.9 Å². The highest BCUT2D eigenvalue weighted by Crippen LogP contribution is 2.22. The second kappa shape index (κ2) is 6.36. The summed E-state index contributed by atoms with van der Waals surface area (Å²) in [4.78, 5) is 3.71. The number of unbranched alkanes of at least 4 members (excludes halogenated alkanes) is 1. The number of nitrogens with one attached hydrogen (secondary N) is 1. The Labute approximate surface area is 114 Å². The third kappa shape index (κ3) is 4.28. The molecule has 0 bridgehead atoms. The van der Waals surface area contributed by atoms with Gasteiger partial charge < -0.3 is 0 Å². The minimum atomic E-state index is -3.64. The van der Waals surface area contributed by atoms with Crippen molar-refractivity contribution in [1.29, 1.82) is 0 Å². The second-order valence-electron chi connectivity index (χ2n) is 3.15. The molecule has 0 unspecified atom stereocenters. The summed E-state index contributed by atoms with van der Waals surface area (Å²) in [6.07, 6.45) is 7.60. The van der Waals surface area contributed by atoms with Gasteiger partial charge >= 0.3 is 0 Å². The summed E-state index contributed by atoms with van der Waals surface area (Å²) in [6, 6.07) is 1.40. The first-order valence-electron chi connectivity index (χ1n) is 4.71.